The Bertz CT molecular complexity index is 780. The van der Waals surface area contributed by atoms with Gasteiger partial charge in [-0.25, -0.2) is 4.39 Å². The highest BCUT2D eigenvalue weighted by molar-refractivity contribution is 9.10. The normalized spacial score (nSPS) is 11.2. The first-order chi connectivity index (χ1) is 10.2. The molecular weight excluding hydrogens is 331 g/mol. The fourth-order valence-electron chi connectivity index (χ4n) is 2.60. The average Bonchev–Trinajstić information content (AvgIpc) is 2.80. The minimum atomic E-state index is -0.183. The molecule has 0 spiro atoms. The first kappa shape index (κ1) is 14.3. The van der Waals surface area contributed by atoms with E-state index in [2.05, 4.69) is 44.0 Å². The zero-order valence-corrected chi connectivity index (χ0v) is 13.3. The molecule has 0 aliphatic heterocycles. The van der Waals surface area contributed by atoms with Gasteiger partial charge in [-0.05, 0) is 36.7 Å². The summed E-state index contributed by atoms with van der Waals surface area (Å²) in [4.78, 5) is 0. The standard InChI is InChI=1S/C17H16BrFN2/c1-20-10-15-8-12-4-2-3-5-17(12)21(15)11-13-6-7-14(18)9-16(13)19/h2-9,20H,10-11H2,1H3. The third-order valence-electron chi connectivity index (χ3n) is 3.60. The topological polar surface area (TPSA) is 17.0 Å². The van der Waals surface area contributed by atoms with Gasteiger partial charge in [0.1, 0.15) is 5.82 Å². The van der Waals surface area contributed by atoms with Gasteiger partial charge in [-0.1, -0.05) is 40.2 Å². The number of hydrogen-bond donors (Lipinski definition) is 1. The van der Waals surface area contributed by atoms with E-state index in [1.165, 1.54) is 11.5 Å². The Labute approximate surface area is 131 Å². The van der Waals surface area contributed by atoms with Crippen LogP contribution in [0, 0.1) is 5.82 Å². The summed E-state index contributed by atoms with van der Waals surface area (Å²) in [5.41, 5.74) is 2.97. The molecule has 108 valence electrons. The van der Waals surface area contributed by atoms with Crippen LogP contribution in [0.15, 0.2) is 53.0 Å². The fourth-order valence-corrected chi connectivity index (χ4v) is 2.94. The van der Waals surface area contributed by atoms with E-state index in [4.69, 9.17) is 0 Å². The maximum Gasteiger partial charge on any atom is 0.129 e. The van der Waals surface area contributed by atoms with Crippen molar-refractivity contribution in [3.8, 4) is 0 Å². The minimum Gasteiger partial charge on any atom is -0.339 e. The Hall–Kier alpha value is -1.65. The zero-order chi connectivity index (χ0) is 14.8. The van der Waals surface area contributed by atoms with Crippen LogP contribution in [0.2, 0.25) is 0 Å². The molecule has 1 aromatic heterocycles. The highest BCUT2D eigenvalue weighted by Crippen LogP contribution is 2.23. The third kappa shape index (κ3) is 2.87. The molecule has 21 heavy (non-hydrogen) atoms. The highest BCUT2D eigenvalue weighted by Gasteiger charge is 2.10. The van der Waals surface area contributed by atoms with Crippen LogP contribution in [-0.2, 0) is 13.1 Å². The van der Waals surface area contributed by atoms with E-state index in [0.717, 1.165) is 22.2 Å². The van der Waals surface area contributed by atoms with Crippen LogP contribution >= 0.6 is 15.9 Å². The van der Waals surface area contributed by atoms with Gasteiger partial charge >= 0.3 is 0 Å². The summed E-state index contributed by atoms with van der Waals surface area (Å²) in [5.74, 6) is -0.183. The van der Waals surface area contributed by atoms with E-state index in [1.807, 2.05) is 31.3 Å². The molecule has 2 aromatic carbocycles. The minimum absolute atomic E-state index is 0.183. The number of nitrogens with one attached hydrogen (secondary N) is 1. The second-order valence-corrected chi connectivity index (χ2v) is 5.96. The van der Waals surface area contributed by atoms with Crippen LogP contribution in [0.4, 0.5) is 4.39 Å². The predicted octanol–water partition coefficient (Wildman–Crippen LogP) is 4.31. The second-order valence-electron chi connectivity index (χ2n) is 5.05. The summed E-state index contributed by atoms with van der Waals surface area (Å²) < 4.78 is 17.0. The van der Waals surface area contributed by atoms with Crippen LogP contribution in [0.3, 0.4) is 0 Å². The van der Waals surface area contributed by atoms with E-state index in [-0.39, 0.29) is 5.82 Å². The molecule has 0 amide bonds. The highest BCUT2D eigenvalue weighted by atomic mass is 79.9. The van der Waals surface area contributed by atoms with Gasteiger partial charge in [-0.3, -0.25) is 0 Å². The largest absolute Gasteiger partial charge is 0.339 e. The first-order valence-corrected chi connectivity index (χ1v) is 7.64. The van der Waals surface area contributed by atoms with Crippen molar-refractivity contribution in [2.45, 2.75) is 13.1 Å². The van der Waals surface area contributed by atoms with Crippen LogP contribution in [-0.4, -0.2) is 11.6 Å². The molecule has 0 unspecified atom stereocenters. The lowest BCUT2D eigenvalue weighted by molar-refractivity contribution is 0.595. The van der Waals surface area contributed by atoms with Crippen molar-refractivity contribution in [1.29, 1.82) is 0 Å². The van der Waals surface area contributed by atoms with Crippen molar-refractivity contribution >= 4 is 26.8 Å². The maximum absolute atomic E-state index is 14.1. The van der Waals surface area contributed by atoms with Crippen LogP contribution < -0.4 is 5.32 Å². The molecule has 0 saturated carbocycles. The Kier molecular flexibility index (Phi) is 4.08. The van der Waals surface area contributed by atoms with E-state index >= 15 is 0 Å². The Morgan fingerprint density at radius 3 is 2.71 bits per heavy atom. The molecule has 0 aliphatic rings. The maximum atomic E-state index is 14.1. The summed E-state index contributed by atoms with van der Waals surface area (Å²) in [6.45, 7) is 1.29. The molecular formula is C17H16BrFN2. The van der Waals surface area contributed by atoms with Gasteiger partial charge in [0.05, 0.1) is 6.54 Å². The lowest BCUT2D eigenvalue weighted by Crippen LogP contribution is -2.12. The van der Waals surface area contributed by atoms with Gasteiger partial charge < -0.3 is 9.88 Å². The van der Waals surface area contributed by atoms with Crippen molar-refractivity contribution in [2.24, 2.45) is 0 Å². The van der Waals surface area contributed by atoms with E-state index < -0.39 is 0 Å². The van der Waals surface area contributed by atoms with E-state index in [1.54, 1.807) is 0 Å². The third-order valence-corrected chi connectivity index (χ3v) is 4.09. The van der Waals surface area contributed by atoms with Crippen molar-refractivity contribution in [2.75, 3.05) is 7.05 Å². The quantitative estimate of drug-likeness (QED) is 0.744. The summed E-state index contributed by atoms with van der Waals surface area (Å²) in [5, 5.41) is 4.35. The number of rotatable bonds is 4. The molecule has 0 saturated heterocycles. The molecule has 0 aliphatic carbocycles. The van der Waals surface area contributed by atoms with Crippen LogP contribution in [0.5, 0.6) is 0 Å². The monoisotopic (exact) mass is 346 g/mol. The lowest BCUT2D eigenvalue weighted by Gasteiger charge is -2.12. The summed E-state index contributed by atoms with van der Waals surface area (Å²) in [6.07, 6.45) is 0. The average molecular weight is 347 g/mol. The van der Waals surface area contributed by atoms with Gasteiger partial charge in [0.25, 0.3) is 0 Å². The number of para-hydroxylation sites is 1. The summed E-state index contributed by atoms with van der Waals surface area (Å²) >= 11 is 3.30. The zero-order valence-electron chi connectivity index (χ0n) is 11.7. The predicted molar refractivity (Wildman–Crippen MR) is 87.9 cm³/mol. The molecule has 3 aromatic rings. The second kappa shape index (κ2) is 6.00. The molecule has 2 nitrogen and oxygen atoms in total. The smallest absolute Gasteiger partial charge is 0.129 e. The number of halogens is 2. The first-order valence-electron chi connectivity index (χ1n) is 6.84. The molecule has 3 rings (SSSR count). The summed E-state index contributed by atoms with van der Waals surface area (Å²) in [6, 6.07) is 15.6. The number of aromatic nitrogens is 1. The molecule has 0 radical (unpaired) electrons. The van der Waals surface area contributed by atoms with Gasteiger partial charge in [-0.2, -0.15) is 0 Å². The Morgan fingerprint density at radius 2 is 1.95 bits per heavy atom. The Balaban J connectivity index is 2.07. The van der Waals surface area contributed by atoms with Gasteiger partial charge in [-0.15, -0.1) is 0 Å². The van der Waals surface area contributed by atoms with E-state index in [9.17, 15) is 4.39 Å². The van der Waals surface area contributed by atoms with E-state index in [0.29, 0.717) is 12.1 Å². The molecule has 0 atom stereocenters. The molecule has 1 N–H and O–H groups in total. The lowest BCUT2D eigenvalue weighted by atomic mass is 10.2. The van der Waals surface area contributed by atoms with Crippen LogP contribution in [0.25, 0.3) is 10.9 Å². The number of nitrogens with zero attached hydrogens (tertiary/aromatic N) is 1. The van der Waals surface area contributed by atoms with Crippen LogP contribution in [0.1, 0.15) is 11.3 Å². The molecule has 0 bridgehead atoms. The number of hydrogen-bond acceptors (Lipinski definition) is 1. The van der Waals surface area contributed by atoms with Crippen molar-refractivity contribution in [3.63, 3.8) is 0 Å². The number of benzene rings is 2. The van der Waals surface area contributed by atoms with Gasteiger partial charge in [0.2, 0.25) is 0 Å². The fraction of sp³-hybridized carbons (Fsp3) is 0.176. The Morgan fingerprint density at radius 1 is 1.14 bits per heavy atom. The number of fused-ring (bicyclic) bond motifs is 1. The van der Waals surface area contributed by atoms with Crippen molar-refractivity contribution < 1.29 is 4.39 Å². The van der Waals surface area contributed by atoms with Gasteiger partial charge in [0, 0.05) is 27.8 Å². The van der Waals surface area contributed by atoms with Gasteiger partial charge in [0.15, 0.2) is 0 Å². The molecule has 0 fully saturated rings. The SMILES string of the molecule is CNCc1cc2ccccc2n1Cc1ccc(Br)cc1F. The van der Waals surface area contributed by atoms with Crippen molar-refractivity contribution in [1.82, 2.24) is 9.88 Å². The molecule has 1 heterocycles. The van der Waals surface area contributed by atoms with Crippen molar-refractivity contribution in [3.05, 3.63) is 70.1 Å². The summed E-state index contributed by atoms with van der Waals surface area (Å²) in [7, 11) is 1.92. The molecule has 4 heteroatoms.